The second-order valence-corrected chi connectivity index (χ2v) is 4.16. The molecule has 5 heteroatoms. The maximum atomic E-state index is 12.2. The predicted molar refractivity (Wildman–Crippen MR) is 67.5 cm³/mol. The molecule has 3 heterocycles. The molecule has 0 atom stereocenters. The Balaban J connectivity index is 2.08. The summed E-state index contributed by atoms with van der Waals surface area (Å²) in [6, 6.07) is 7.47. The van der Waals surface area contributed by atoms with Crippen LogP contribution in [0.2, 0.25) is 0 Å². The average molecular weight is 240 g/mol. The van der Waals surface area contributed by atoms with Gasteiger partial charge in [0.2, 0.25) is 0 Å². The monoisotopic (exact) mass is 240 g/mol. The van der Waals surface area contributed by atoms with Gasteiger partial charge in [-0.25, -0.2) is 4.68 Å². The summed E-state index contributed by atoms with van der Waals surface area (Å²) in [5, 5.41) is 4.14. The van der Waals surface area contributed by atoms with Crippen LogP contribution in [0.15, 0.2) is 47.8 Å². The third-order valence-corrected chi connectivity index (χ3v) is 2.97. The van der Waals surface area contributed by atoms with E-state index in [1.807, 2.05) is 25.1 Å². The largest absolute Gasteiger partial charge is 0.301 e. The summed E-state index contributed by atoms with van der Waals surface area (Å²) < 4.78 is 3.15. The van der Waals surface area contributed by atoms with Crippen molar-refractivity contribution in [2.45, 2.75) is 13.5 Å². The molecule has 5 nitrogen and oxygen atoms in total. The van der Waals surface area contributed by atoms with Gasteiger partial charge in [-0.05, 0) is 30.7 Å². The fraction of sp³-hybridized carbons (Fsp3) is 0.154. The van der Waals surface area contributed by atoms with Crippen molar-refractivity contribution in [2.24, 2.45) is 0 Å². The zero-order chi connectivity index (χ0) is 12.5. The molecule has 0 unspecified atom stereocenters. The van der Waals surface area contributed by atoms with E-state index in [-0.39, 0.29) is 5.56 Å². The molecule has 0 aliphatic heterocycles. The van der Waals surface area contributed by atoms with E-state index < -0.39 is 0 Å². The highest BCUT2D eigenvalue weighted by molar-refractivity contribution is 5.44. The van der Waals surface area contributed by atoms with Gasteiger partial charge in [-0.15, -0.1) is 0 Å². The van der Waals surface area contributed by atoms with Crippen LogP contribution >= 0.6 is 0 Å². The number of aromatic nitrogens is 4. The van der Waals surface area contributed by atoms with E-state index in [4.69, 9.17) is 0 Å². The molecule has 3 aromatic rings. The summed E-state index contributed by atoms with van der Waals surface area (Å²) in [7, 11) is 0. The smallest absolute Gasteiger partial charge is 0.291 e. The maximum absolute atomic E-state index is 12.2. The van der Waals surface area contributed by atoms with Crippen LogP contribution in [0.4, 0.5) is 0 Å². The van der Waals surface area contributed by atoms with Gasteiger partial charge in [0.1, 0.15) is 11.8 Å². The second-order valence-electron chi connectivity index (χ2n) is 4.16. The highest BCUT2D eigenvalue weighted by Crippen LogP contribution is 2.04. The number of fused-ring (bicyclic) bond motifs is 1. The number of hydrogen-bond acceptors (Lipinski definition) is 3. The topological polar surface area (TPSA) is 52.2 Å². The molecule has 0 aliphatic carbocycles. The van der Waals surface area contributed by atoms with Crippen LogP contribution < -0.4 is 5.56 Å². The SMILES string of the molecule is Cc1cccnc1Cn1ncn2cccc2c1=O. The van der Waals surface area contributed by atoms with Gasteiger partial charge in [-0.2, -0.15) is 5.10 Å². The van der Waals surface area contributed by atoms with Crippen molar-refractivity contribution in [2.75, 3.05) is 0 Å². The van der Waals surface area contributed by atoms with Gasteiger partial charge in [-0.3, -0.25) is 9.78 Å². The third kappa shape index (κ3) is 1.69. The first-order valence-corrected chi connectivity index (χ1v) is 5.69. The standard InChI is InChI=1S/C13H12N4O/c1-10-4-2-6-14-11(10)8-17-13(18)12-5-3-7-16(12)9-15-17/h2-7,9H,8H2,1H3. The molecule has 90 valence electrons. The number of hydrogen-bond donors (Lipinski definition) is 0. The quantitative estimate of drug-likeness (QED) is 0.677. The van der Waals surface area contributed by atoms with Crippen LogP contribution in [0.1, 0.15) is 11.3 Å². The highest BCUT2D eigenvalue weighted by atomic mass is 16.1. The van der Waals surface area contributed by atoms with E-state index in [2.05, 4.69) is 10.1 Å². The minimum absolute atomic E-state index is 0.104. The maximum Gasteiger partial charge on any atom is 0.291 e. The molecule has 0 aromatic carbocycles. The van der Waals surface area contributed by atoms with Crippen molar-refractivity contribution < 1.29 is 0 Å². The first-order valence-electron chi connectivity index (χ1n) is 5.69. The molecule has 3 aromatic heterocycles. The lowest BCUT2D eigenvalue weighted by atomic mass is 10.2. The fourth-order valence-electron chi connectivity index (χ4n) is 1.92. The minimum Gasteiger partial charge on any atom is -0.301 e. The molecule has 0 radical (unpaired) electrons. The molecule has 0 bridgehead atoms. The summed E-state index contributed by atoms with van der Waals surface area (Å²) >= 11 is 0. The van der Waals surface area contributed by atoms with Crippen LogP contribution in [0.5, 0.6) is 0 Å². The van der Waals surface area contributed by atoms with Crippen molar-refractivity contribution in [1.29, 1.82) is 0 Å². The molecular weight excluding hydrogens is 228 g/mol. The van der Waals surface area contributed by atoms with Crippen LogP contribution in [0.3, 0.4) is 0 Å². The Morgan fingerprint density at radius 2 is 2.17 bits per heavy atom. The van der Waals surface area contributed by atoms with E-state index in [1.54, 1.807) is 29.2 Å². The zero-order valence-electron chi connectivity index (χ0n) is 9.95. The molecule has 0 aliphatic rings. The number of rotatable bonds is 2. The average Bonchev–Trinajstić information content (AvgIpc) is 2.84. The van der Waals surface area contributed by atoms with Crippen LogP contribution in [-0.4, -0.2) is 19.2 Å². The Kier molecular flexibility index (Phi) is 2.44. The normalized spacial score (nSPS) is 10.9. The number of pyridine rings is 1. The molecule has 0 saturated carbocycles. The van der Waals surface area contributed by atoms with Crippen molar-refractivity contribution in [3.8, 4) is 0 Å². The zero-order valence-corrected chi connectivity index (χ0v) is 9.95. The van der Waals surface area contributed by atoms with Gasteiger partial charge >= 0.3 is 0 Å². The van der Waals surface area contributed by atoms with Crippen molar-refractivity contribution in [1.82, 2.24) is 19.2 Å². The first kappa shape index (κ1) is 10.7. The molecule has 18 heavy (non-hydrogen) atoms. The van der Waals surface area contributed by atoms with Crippen LogP contribution in [-0.2, 0) is 6.54 Å². The van der Waals surface area contributed by atoms with Gasteiger partial charge in [-0.1, -0.05) is 6.07 Å². The van der Waals surface area contributed by atoms with Crippen molar-refractivity contribution >= 4 is 5.52 Å². The summed E-state index contributed by atoms with van der Waals surface area (Å²) in [5.74, 6) is 0. The Hall–Kier alpha value is -2.43. The predicted octanol–water partition coefficient (Wildman–Crippen LogP) is 1.25. The Morgan fingerprint density at radius 3 is 3.00 bits per heavy atom. The summed E-state index contributed by atoms with van der Waals surface area (Å²) in [6.07, 6.45) is 5.16. The molecular formula is C13H12N4O. The molecule has 3 rings (SSSR count). The van der Waals surface area contributed by atoms with Gasteiger partial charge in [0.25, 0.3) is 5.56 Å². The van der Waals surface area contributed by atoms with E-state index in [1.165, 1.54) is 4.68 Å². The highest BCUT2D eigenvalue weighted by Gasteiger charge is 2.06. The minimum atomic E-state index is -0.104. The number of nitrogens with zero attached hydrogens (tertiary/aromatic N) is 4. The van der Waals surface area contributed by atoms with Gasteiger partial charge in [0.05, 0.1) is 12.2 Å². The van der Waals surface area contributed by atoms with Crippen molar-refractivity contribution in [3.05, 3.63) is 64.6 Å². The lowest BCUT2D eigenvalue weighted by molar-refractivity contribution is 0.615. The van der Waals surface area contributed by atoms with Crippen molar-refractivity contribution in [3.63, 3.8) is 0 Å². The summed E-state index contributed by atoms with van der Waals surface area (Å²) in [6.45, 7) is 2.37. The van der Waals surface area contributed by atoms with Crippen LogP contribution in [0, 0.1) is 6.92 Å². The fourth-order valence-corrected chi connectivity index (χ4v) is 1.92. The molecule has 0 N–H and O–H groups in total. The first-order chi connectivity index (χ1) is 8.75. The van der Waals surface area contributed by atoms with Crippen LogP contribution in [0.25, 0.3) is 5.52 Å². The Bertz CT molecular complexity index is 757. The van der Waals surface area contributed by atoms with Gasteiger partial charge in [0, 0.05) is 12.4 Å². The molecule has 0 amide bonds. The summed E-state index contributed by atoms with van der Waals surface area (Å²) in [4.78, 5) is 16.4. The number of aryl methyl sites for hydroxylation is 1. The van der Waals surface area contributed by atoms with Gasteiger partial charge in [0.15, 0.2) is 0 Å². The third-order valence-electron chi connectivity index (χ3n) is 2.97. The van der Waals surface area contributed by atoms with Gasteiger partial charge < -0.3 is 4.40 Å². The van der Waals surface area contributed by atoms with E-state index >= 15 is 0 Å². The Labute approximate surface area is 103 Å². The summed E-state index contributed by atoms with van der Waals surface area (Å²) in [5.41, 5.74) is 2.44. The van der Waals surface area contributed by atoms with E-state index in [0.717, 1.165) is 11.3 Å². The second kappa shape index (κ2) is 4.10. The molecule has 0 fully saturated rings. The van der Waals surface area contributed by atoms with E-state index in [9.17, 15) is 4.79 Å². The molecule has 0 saturated heterocycles. The molecule has 0 spiro atoms. The lowest BCUT2D eigenvalue weighted by Gasteiger charge is -2.06. The lowest BCUT2D eigenvalue weighted by Crippen LogP contribution is -2.25. The Morgan fingerprint density at radius 1 is 1.28 bits per heavy atom. The van der Waals surface area contributed by atoms with E-state index in [0.29, 0.717) is 12.1 Å².